The second kappa shape index (κ2) is 10.2. The fraction of sp³-hybridized carbons (Fsp3) is 0.333. The van der Waals surface area contributed by atoms with E-state index in [2.05, 4.69) is 5.32 Å². The summed E-state index contributed by atoms with van der Waals surface area (Å²) in [7, 11) is 6.40. The molecule has 7 nitrogen and oxygen atoms in total. The molecule has 2 rings (SSSR count). The second-order valence-electron chi connectivity index (χ2n) is 6.08. The largest absolute Gasteiger partial charge is 0.497 e. The molecule has 2 amide bonds. The highest BCUT2D eigenvalue weighted by molar-refractivity contribution is 5.94. The summed E-state index contributed by atoms with van der Waals surface area (Å²) >= 11 is 0. The van der Waals surface area contributed by atoms with Crippen molar-refractivity contribution < 1.29 is 23.8 Å². The summed E-state index contributed by atoms with van der Waals surface area (Å²) in [5, 5.41) is 2.82. The predicted molar refractivity (Wildman–Crippen MR) is 108 cm³/mol. The van der Waals surface area contributed by atoms with E-state index in [1.165, 1.54) is 0 Å². The Morgan fingerprint density at radius 1 is 0.929 bits per heavy atom. The summed E-state index contributed by atoms with van der Waals surface area (Å²) in [4.78, 5) is 26.1. The number of anilines is 1. The third-order valence-electron chi connectivity index (χ3n) is 4.33. The first-order valence-electron chi connectivity index (χ1n) is 8.91. The average Bonchev–Trinajstić information content (AvgIpc) is 2.75. The first-order valence-corrected chi connectivity index (χ1v) is 8.91. The minimum Gasteiger partial charge on any atom is -0.497 e. The van der Waals surface area contributed by atoms with Crippen LogP contribution in [0.15, 0.2) is 42.5 Å². The maximum Gasteiger partial charge on any atom is 0.251 e. The minimum absolute atomic E-state index is 0.0501. The summed E-state index contributed by atoms with van der Waals surface area (Å²) in [6, 6.07) is 12.2. The van der Waals surface area contributed by atoms with E-state index in [1.54, 1.807) is 75.7 Å². The summed E-state index contributed by atoms with van der Waals surface area (Å²) in [6.45, 7) is 0.413. The molecule has 7 heteroatoms. The Kier molecular flexibility index (Phi) is 7.68. The van der Waals surface area contributed by atoms with Crippen LogP contribution in [0.2, 0.25) is 0 Å². The van der Waals surface area contributed by atoms with E-state index in [0.29, 0.717) is 47.9 Å². The lowest BCUT2D eigenvalue weighted by Crippen LogP contribution is -2.29. The molecule has 150 valence electrons. The van der Waals surface area contributed by atoms with Crippen LogP contribution in [0, 0.1) is 0 Å². The summed E-state index contributed by atoms with van der Waals surface area (Å²) in [6.07, 6.45) is 0.853. The Bertz CT molecular complexity index is 805. The molecule has 0 heterocycles. The number of rotatable bonds is 9. The molecule has 0 unspecified atom stereocenters. The van der Waals surface area contributed by atoms with Gasteiger partial charge in [-0.2, -0.15) is 0 Å². The molecule has 0 aliphatic heterocycles. The molecule has 2 aromatic rings. The van der Waals surface area contributed by atoms with Crippen molar-refractivity contribution in [3.8, 4) is 17.2 Å². The van der Waals surface area contributed by atoms with E-state index in [0.717, 1.165) is 0 Å². The number of hydrogen-bond acceptors (Lipinski definition) is 5. The molecule has 0 saturated heterocycles. The predicted octanol–water partition coefficient (Wildman–Crippen LogP) is 2.89. The average molecular weight is 386 g/mol. The van der Waals surface area contributed by atoms with Crippen LogP contribution < -0.4 is 24.4 Å². The molecule has 0 aromatic heterocycles. The molecule has 0 radical (unpaired) electrons. The van der Waals surface area contributed by atoms with Gasteiger partial charge in [-0.15, -0.1) is 0 Å². The van der Waals surface area contributed by atoms with Crippen LogP contribution in [-0.2, 0) is 4.79 Å². The maximum absolute atomic E-state index is 12.4. The molecule has 0 fully saturated rings. The highest BCUT2D eigenvalue weighted by atomic mass is 16.5. The van der Waals surface area contributed by atoms with Gasteiger partial charge in [0.05, 0.1) is 21.3 Å². The molecule has 0 atom stereocenters. The smallest absolute Gasteiger partial charge is 0.251 e. The monoisotopic (exact) mass is 386 g/mol. The number of nitrogens with one attached hydrogen (secondary N) is 1. The standard InChI is InChI=1S/C21H26N2O5/c1-23(16-9-12-18(27-3)19(14-16)28-4)20(24)6-5-13-22-21(25)15-7-10-17(26-2)11-8-15/h7-12,14H,5-6,13H2,1-4H3,(H,22,25). The number of carbonyl (C=O) groups is 2. The van der Waals surface area contributed by atoms with E-state index in [-0.39, 0.29) is 11.8 Å². The van der Waals surface area contributed by atoms with Gasteiger partial charge in [0.15, 0.2) is 11.5 Å². The van der Waals surface area contributed by atoms with Gasteiger partial charge in [0.1, 0.15) is 5.75 Å². The van der Waals surface area contributed by atoms with Crippen molar-refractivity contribution in [1.29, 1.82) is 0 Å². The van der Waals surface area contributed by atoms with Gasteiger partial charge in [-0.05, 0) is 42.8 Å². The van der Waals surface area contributed by atoms with Crippen molar-refractivity contribution in [2.45, 2.75) is 12.8 Å². The van der Waals surface area contributed by atoms with Gasteiger partial charge in [-0.25, -0.2) is 0 Å². The zero-order chi connectivity index (χ0) is 20.5. The van der Waals surface area contributed by atoms with E-state index < -0.39 is 0 Å². The first kappa shape index (κ1) is 21.1. The van der Waals surface area contributed by atoms with Crippen LogP contribution in [0.4, 0.5) is 5.69 Å². The topological polar surface area (TPSA) is 77.1 Å². The third-order valence-corrected chi connectivity index (χ3v) is 4.33. The highest BCUT2D eigenvalue weighted by Crippen LogP contribution is 2.31. The Morgan fingerprint density at radius 2 is 1.61 bits per heavy atom. The molecular formula is C21H26N2O5. The zero-order valence-corrected chi connectivity index (χ0v) is 16.7. The molecular weight excluding hydrogens is 360 g/mol. The van der Waals surface area contributed by atoms with Gasteiger partial charge >= 0.3 is 0 Å². The van der Waals surface area contributed by atoms with Crippen LogP contribution in [0.3, 0.4) is 0 Å². The lowest BCUT2D eigenvalue weighted by molar-refractivity contribution is -0.118. The molecule has 0 spiro atoms. The van der Waals surface area contributed by atoms with Gasteiger partial charge in [-0.1, -0.05) is 0 Å². The number of hydrogen-bond donors (Lipinski definition) is 1. The van der Waals surface area contributed by atoms with Crippen molar-refractivity contribution in [1.82, 2.24) is 5.32 Å². The Labute approximate surface area is 165 Å². The molecule has 0 bridgehead atoms. The van der Waals surface area contributed by atoms with Crippen LogP contribution >= 0.6 is 0 Å². The van der Waals surface area contributed by atoms with Crippen LogP contribution in [-0.4, -0.2) is 46.7 Å². The van der Waals surface area contributed by atoms with E-state index >= 15 is 0 Å². The van der Waals surface area contributed by atoms with Gasteiger partial charge in [0, 0.05) is 37.3 Å². The fourth-order valence-electron chi connectivity index (χ4n) is 2.63. The molecule has 0 aliphatic carbocycles. The van der Waals surface area contributed by atoms with Crippen molar-refractivity contribution in [3.05, 3.63) is 48.0 Å². The Morgan fingerprint density at radius 3 is 2.21 bits per heavy atom. The molecule has 28 heavy (non-hydrogen) atoms. The van der Waals surface area contributed by atoms with Gasteiger partial charge < -0.3 is 24.4 Å². The Balaban J connectivity index is 1.82. The van der Waals surface area contributed by atoms with Crippen LogP contribution in [0.5, 0.6) is 17.2 Å². The molecule has 0 aliphatic rings. The summed E-state index contributed by atoms with van der Waals surface area (Å²) < 4.78 is 15.5. The van der Waals surface area contributed by atoms with Gasteiger partial charge in [-0.3, -0.25) is 9.59 Å². The number of methoxy groups -OCH3 is 3. The lowest BCUT2D eigenvalue weighted by atomic mass is 10.2. The number of carbonyl (C=O) groups excluding carboxylic acids is 2. The first-order chi connectivity index (χ1) is 13.5. The van der Waals surface area contributed by atoms with E-state index in [1.807, 2.05) is 0 Å². The molecule has 1 N–H and O–H groups in total. The zero-order valence-electron chi connectivity index (χ0n) is 16.7. The summed E-state index contributed by atoms with van der Waals surface area (Å²) in [5.41, 5.74) is 1.26. The number of amides is 2. The fourth-order valence-corrected chi connectivity index (χ4v) is 2.63. The SMILES string of the molecule is COc1ccc(C(=O)NCCCC(=O)N(C)c2ccc(OC)c(OC)c2)cc1. The second-order valence-corrected chi connectivity index (χ2v) is 6.08. The third kappa shape index (κ3) is 5.39. The molecule has 2 aromatic carbocycles. The molecule has 0 saturated carbocycles. The lowest BCUT2D eigenvalue weighted by Gasteiger charge is -2.19. The summed E-state index contributed by atoms with van der Waals surface area (Å²) in [5.74, 6) is 1.63. The van der Waals surface area contributed by atoms with Gasteiger partial charge in [0.2, 0.25) is 5.91 Å². The van der Waals surface area contributed by atoms with E-state index in [4.69, 9.17) is 14.2 Å². The number of benzene rings is 2. The Hall–Kier alpha value is -3.22. The number of ether oxygens (including phenoxy) is 3. The maximum atomic E-state index is 12.4. The van der Waals surface area contributed by atoms with Crippen molar-refractivity contribution in [2.24, 2.45) is 0 Å². The quantitative estimate of drug-likeness (QED) is 0.671. The van der Waals surface area contributed by atoms with E-state index in [9.17, 15) is 9.59 Å². The van der Waals surface area contributed by atoms with Crippen LogP contribution in [0.1, 0.15) is 23.2 Å². The van der Waals surface area contributed by atoms with Crippen molar-refractivity contribution in [3.63, 3.8) is 0 Å². The van der Waals surface area contributed by atoms with Crippen molar-refractivity contribution in [2.75, 3.05) is 39.8 Å². The number of nitrogens with zero attached hydrogens (tertiary/aromatic N) is 1. The highest BCUT2D eigenvalue weighted by Gasteiger charge is 2.14. The van der Waals surface area contributed by atoms with Gasteiger partial charge in [0.25, 0.3) is 5.91 Å². The normalized spacial score (nSPS) is 10.1. The van der Waals surface area contributed by atoms with Crippen LogP contribution in [0.25, 0.3) is 0 Å². The van der Waals surface area contributed by atoms with Crippen molar-refractivity contribution >= 4 is 17.5 Å². The minimum atomic E-state index is -0.177.